The van der Waals surface area contributed by atoms with E-state index in [1.54, 1.807) is 42.2 Å². The number of hydrogen-bond donors (Lipinski definition) is 2. The van der Waals surface area contributed by atoms with E-state index in [1.165, 1.54) is 18.2 Å². The first kappa shape index (κ1) is 19.6. The monoisotopic (exact) mass is 416 g/mol. The van der Waals surface area contributed by atoms with E-state index in [1.807, 2.05) is 0 Å². The molecule has 0 fully saturated rings. The number of nitrogens with zero attached hydrogens (tertiary/aromatic N) is 2. The van der Waals surface area contributed by atoms with Crippen LogP contribution >= 0.6 is 0 Å². The van der Waals surface area contributed by atoms with Crippen LogP contribution in [0, 0.1) is 0 Å². The van der Waals surface area contributed by atoms with Gasteiger partial charge < -0.3 is 25.3 Å². The number of ether oxygens (including phenoxy) is 3. The molecular formula is C20H18F2N4O4. The van der Waals surface area contributed by atoms with Gasteiger partial charge in [-0.15, -0.1) is 8.78 Å². The van der Waals surface area contributed by atoms with Gasteiger partial charge in [0.1, 0.15) is 12.4 Å². The fourth-order valence-electron chi connectivity index (χ4n) is 3.09. The molecule has 8 nitrogen and oxygen atoms in total. The molecule has 3 N–H and O–H groups in total. The maximum atomic E-state index is 13.4. The van der Waals surface area contributed by atoms with E-state index in [-0.39, 0.29) is 17.1 Å². The summed E-state index contributed by atoms with van der Waals surface area (Å²) in [5.74, 6) is -0.567. The van der Waals surface area contributed by atoms with Crippen molar-refractivity contribution in [3.63, 3.8) is 0 Å². The van der Waals surface area contributed by atoms with Crippen LogP contribution in [0.25, 0.3) is 11.3 Å². The molecule has 0 aliphatic carbocycles. The molecule has 0 atom stereocenters. The van der Waals surface area contributed by atoms with Gasteiger partial charge in [-0.25, -0.2) is 0 Å². The van der Waals surface area contributed by atoms with E-state index >= 15 is 0 Å². The molecule has 2 aromatic carbocycles. The normalized spacial score (nSPS) is 13.9. The number of fused-ring (bicyclic) bond motifs is 1. The van der Waals surface area contributed by atoms with Crippen LogP contribution < -0.4 is 25.3 Å². The lowest BCUT2D eigenvalue weighted by Gasteiger charge is -2.14. The molecule has 0 unspecified atom stereocenters. The van der Waals surface area contributed by atoms with E-state index in [2.05, 4.69) is 19.9 Å². The van der Waals surface area contributed by atoms with Crippen molar-refractivity contribution in [2.24, 2.45) is 12.8 Å². The molecule has 1 amide bonds. The zero-order valence-corrected chi connectivity index (χ0v) is 15.9. The third-order valence-corrected chi connectivity index (χ3v) is 4.38. The van der Waals surface area contributed by atoms with Gasteiger partial charge in [0.25, 0.3) is 5.91 Å². The largest absolute Gasteiger partial charge is 0.586 e. The molecule has 4 rings (SSSR count). The first-order valence-corrected chi connectivity index (χ1v) is 9.03. The number of rotatable bonds is 6. The third-order valence-electron chi connectivity index (χ3n) is 4.38. The van der Waals surface area contributed by atoms with Gasteiger partial charge in [0, 0.05) is 31.0 Å². The fraction of sp³-hybridized carbons (Fsp3) is 0.200. The van der Waals surface area contributed by atoms with Crippen molar-refractivity contribution in [3.8, 4) is 28.5 Å². The van der Waals surface area contributed by atoms with Crippen LogP contribution in [0.4, 0.5) is 14.5 Å². The number of halogens is 2. The summed E-state index contributed by atoms with van der Waals surface area (Å²) in [6.07, 6.45) is -2.18. The smallest absolute Gasteiger partial charge is 0.492 e. The maximum absolute atomic E-state index is 13.4. The van der Waals surface area contributed by atoms with Crippen molar-refractivity contribution in [1.82, 2.24) is 9.78 Å². The Labute approximate surface area is 170 Å². The van der Waals surface area contributed by atoms with Crippen LogP contribution in [-0.2, 0) is 7.05 Å². The predicted molar refractivity (Wildman–Crippen MR) is 104 cm³/mol. The average molecular weight is 416 g/mol. The lowest BCUT2D eigenvalue weighted by Crippen LogP contribution is -2.26. The summed E-state index contributed by atoms with van der Waals surface area (Å²) in [6.45, 7) is 0.660. The van der Waals surface area contributed by atoms with Crippen molar-refractivity contribution in [2.75, 3.05) is 18.5 Å². The minimum Gasteiger partial charge on any atom is -0.492 e. The zero-order chi connectivity index (χ0) is 21.3. The molecule has 1 aliphatic rings. The minimum atomic E-state index is -3.81. The van der Waals surface area contributed by atoms with Crippen LogP contribution in [0.3, 0.4) is 0 Å². The van der Waals surface area contributed by atoms with Gasteiger partial charge in [-0.2, -0.15) is 5.10 Å². The first-order valence-electron chi connectivity index (χ1n) is 9.03. The standard InChI is InChI=1S/C20H18F2N4O4/c1-26-15(7-9-24-26)14-11-12(5-6-16(14)28-10-8-23)25-19(27)13-3-2-4-17-18(13)30-20(21,22)29-17/h2-7,9,11H,8,10,23H2,1H3,(H,25,27). The Morgan fingerprint density at radius 2 is 2.10 bits per heavy atom. The zero-order valence-electron chi connectivity index (χ0n) is 15.9. The SMILES string of the molecule is Cn1nccc1-c1cc(NC(=O)c2cccc3c2OC(F)(F)O3)ccc1OCCN. The summed E-state index contributed by atoms with van der Waals surface area (Å²) in [7, 11) is 1.78. The maximum Gasteiger partial charge on any atom is 0.586 e. The molecule has 1 aliphatic heterocycles. The number of amides is 1. The van der Waals surface area contributed by atoms with Crippen LogP contribution in [0.2, 0.25) is 0 Å². The highest BCUT2D eigenvalue weighted by molar-refractivity contribution is 6.07. The van der Waals surface area contributed by atoms with Crippen molar-refractivity contribution in [3.05, 3.63) is 54.2 Å². The number of alkyl halides is 2. The highest BCUT2D eigenvalue weighted by atomic mass is 19.3. The molecule has 30 heavy (non-hydrogen) atoms. The Hall–Kier alpha value is -3.66. The quantitative estimate of drug-likeness (QED) is 0.641. The number of nitrogens with one attached hydrogen (secondary N) is 1. The van der Waals surface area contributed by atoms with E-state index in [0.717, 1.165) is 5.69 Å². The summed E-state index contributed by atoms with van der Waals surface area (Å²) in [4.78, 5) is 12.7. The summed E-state index contributed by atoms with van der Waals surface area (Å²) in [6, 6.07) is 10.9. The van der Waals surface area contributed by atoms with Gasteiger partial charge in [-0.05, 0) is 36.4 Å². The van der Waals surface area contributed by atoms with Gasteiger partial charge in [0.2, 0.25) is 0 Å². The molecule has 1 aromatic heterocycles. The second-order valence-electron chi connectivity index (χ2n) is 6.44. The van der Waals surface area contributed by atoms with Gasteiger partial charge >= 0.3 is 6.29 Å². The van der Waals surface area contributed by atoms with E-state index < -0.39 is 12.2 Å². The topological polar surface area (TPSA) is 101 Å². The molecule has 10 heteroatoms. The van der Waals surface area contributed by atoms with Crippen molar-refractivity contribution < 1.29 is 27.8 Å². The van der Waals surface area contributed by atoms with Crippen LogP contribution in [-0.4, -0.2) is 35.1 Å². The molecule has 2 heterocycles. The minimum absolute atomic E-state index is 0.0739. The number of carbonyl (C=O) groups is 1. The number of hydrogen-bond acceptors (Lipinski definition) is 6. The Balaban J connectivity index is 1.64. The average Bonchev–Trinajstić information content (AvgIpc) is 3.27. The summed E-state index contributed by atoms with van der Waals surface area (Å²) >= 11 is 0. The molecule has 0 bridgehead atoms. The highest BCUT2D eigenvalue weighted by Crippen LogP contribution is 2.43. The van der Waals surface area contributed by atoms with Gasteiger partial charge in [-0.3, -0.25) is 9.48 Å². The van der Waals surface area contributed by atoms with Crippen molar-refractivity contribution in [2.45, 2.75) is 6.29 Å². The van der Waals surface area contributed by atoms with Crippen molar-refractivity contribution in [1.29, 1.82) is 0 Å². The molecule has 3 aromatic rings. The van der Waals surface area contributed by atoms with Gasteiger partial charge in [0.05, 0.1) is 11.3 Å². The van der Waals surface area contributed by atoms with Crippen molar-refractivity contribution >= 4 is 11.6 Å². The summed E-state index contributed by atoms with van der Waals surface area (Å²) in [5, 5.41) is 6.84. The van der Waals surface area contributed by atoms with Crippen LogP contribution in [0.1, 0.15) is 10.4 Å². The number of benzene rings is 2. The van der Waals surface area contributed by atoms with Gasteiger partial charge in [-0.1, -0.05) is 6.07 Å². The predicted octanol–water partition coefficient (Wildman–Crippen LogP) is 3.00. The lowest BCUT2D eigenvalue weighted by atomic mass is 10.1. The Bertz CT molecular complexity index is 1100. The molecule has 0 saturated carbocycles. The second-order valence-corrected chi connectivity index (χ2v) is 6.44. The van der Waals surface area contributed by atoms with Crippen LogP contribution in [0.5, 0.6) is 17.2 Å². The molecule has 156 valence electrons. The number of carbonyl (C=O) groups excluding carboxylic acids is 1. The van der Waals surface area contributed by atoms with Crippen LogP contribution in [0.15, 0.2) is 48.7 Å². The van der Waals surface area contributed by atoms with Gasteiger partial charge in [0.15, 0.2) is 11.5 Å². The number of nitrogens with two attached hydrogens (primary N) is 1. The summed E-state index contributed by atoms with van der Waals surface area (Å²) in [5.41, 5.74) is 7.33. The van der Waals surface area contributed by atoms with E-state index in [0.29, 0.717) is 30.2 Å². The number of aromatic nitrogens is 2. The second kappa shape index (κ2) is 7.64. The number of anilines is 1. The Morgan fingerprint density at radius 1 is 1.27 bits per heavy atom. The highest BCUT2D eigenvalue weighted by Gasteiger charge is 2.45. The molecular weight excluding hydrogens is 398 g/mol. The molecule has 0 radical (unpaired) electrons. The molecule has 0 saturated heterocycles. The number of para-hydroxylation sites is 1. The third kappa shape index (κ3) is 3.77. The Kier molecular flexibility index (Phi) is 5.00. The lowest BCUT2D eigenvalue weighted by molar-refractivity contribution is -0.286. The Morgan fingerprint density at radius 3 is 2.83 bits per heavy atom. The summed E-state index contributed by atoms with van der Waals surface area (Å²) < 4.78 is 43.0. The molecule has 0 spiro atoms. The fourth-order valence-corrected chi connectivity index (χ4v) is 3.09. The number of aryl methyl sites for hydroxylation is 1. The van der Waals surface area contributed by atoms with E-state index in [4.69, 9.17) is 10.5 Å². The van der Waals surface area contributed by atoms with E-state index in [9.17, 15) is 13.6 Å². The first-order chi connectivity index (χ1) is 14.4.